The third kappa shape index (κ3) is 5.51. The van der Waals surface area contributed by atoms with Gasteiger partial charge in [-0.1, -0.05) is 18.2 Å². The van der Waals surface area contributed by atoms with E-state index in [1.54, 1.807) is 12.1 Å². The van der Waals surface area contributed by atoms with Gasteiger partial charge in [-0.3, -0.25) is 0 Å². The van der Waals surface area contributed by atoms with Crippen LogP contribution in [0.5, 0.6) is 23.5 Å². The van der Waals surface area contributed by atoms with Crippen LogP contribution in [0.25, 0.3) is 0 Å². The molecule has 0 atom stereocenters. The molecule has 3 aromatic rings. The maximum Gasteiger partial charge on any atom is 0.330 e. The molecule has 2 aromatic heterocycles. The van der Waals surface area contributed by atoms with E-state index < -0.39 is 0 Å². The van der Waals surface area contributed by atoms with Gasteiger partial charge in [0.15, 0.2) is 0 Å². The van der Waals surface area contributed by atoms with Crippen LogP contribution in [-0.4, -0.2) is 65.5 Å². The molecule has 1 aliphatic heterocycles. The van der Waals surface area contributed by atoms with Crippen molar-refractivity contribution in [1.82, 2.24) is 25.1 Å². The Labute approximate surface area is 187 Å². The second kappa shape index (κ2) is 10.1. The maximum atomic E-state index is 5.75. The predicted octanol–water partition coefficient (Wildman–Crippen LogP) is 2.89. The zero-order valence-electron chi connectivity index (χ0n) is 18.6. The topological polar surface area (TPSA) is 98.6 Å². The van der Waals surface area contributed by atoms with Crippen molar-refractivity contribution in [2.45, 2.75) is 19.8 Å². The Bertz CT molecular complexity index is 1020. The first kappa shape index (κ1) is 21.5. The van der Waals surface area contributed by atoms with Crippen LogP contribution in [0.15, 0.2) is 36.4 Å². The van der Waals surface area contributed by atoms with Crippen molar-refractivity contribution < 1.29 is 14.2 Å². The molecule has 10 nitrogen and oxygen atoms in total. The highest BCUT2D eigenvalue weighted by Gasteiger charge is 2.19. The molecule has 0 unspecified atom stereocenters. The van der Waals surface area contributed by atoms with Crippen LogP contribution in [0.4, 0.5) is 11.9 Å². The lowest BCUT2D eigenvalue weighted by Crippen LogP contribution is -2.23. The molecule has 4 rings (SSSR count). The van der Waals surface area contributed by atoms with Crippen LogP contribution < -0.4 is 24.0 Å². The standard InChI is InChI=1S/C22H27N7O3/c1-16-8-4-5-9-17(16)30-14-15-31-18-10-11-19(27-26-18)32-22-24-20(28(2)3)23-21(25-22)29-12-6-7-13-29/h4-5,8-11H,6-7,12-15H2,1-3H3. The molecule has 0 spiro atoms. The number of nitrogens with zero attached hydrogens (tertiary/aromatic N) is 7. The molecule has 0 radical (unpaired) electrons. The van der Waals surface area contributed by atoms with Gasteiger partial charge in [-0.15, -0.1) is 10.2 Å². The smallest absolute Gasteiger partial charge is 0.330 e. The van der Waals surface area contributed by atoms with Crippen molar-refractivity contribution in [2.75, 3.05) is 50.2 Å². The fourth-order valence-electron chi connectivity index (χ4n) is 3.19. The van der Waals surface area contributed by atoms with Crippen LogP contribution in [0.3, 0.4) is 0 Å². The predicted molar refractivity (Wildman–Crippen MR) is 120 cm³/mol. The Kier molecular flexibility index (Phi) is 6.78. The minimum Gasteiger partial charge on any atom is -0.490 e. The van der Waals surface area contributed by atoms with Gasteiger partial charge in [0.2, 0.25) is 23.7 Å². The number of hydrogen-bond donors (Lipinski definition) is 0. The zero-order chi connectivity index (χ0) is 22.3. The van der Waals surface area contributed by atoms with Crippen molar-refractivity contribution in [3.63, 3.8) is 0 Å². The first-order chi connectivity index (χ1) is 15.6. The summed E-state index contributed by atoms with van der Waals surface area (Å²) in [5.74, 6) is 2.63. The van der Waals surface area contributed by atoms with E-state index in [2.05, 4.69) is 30.0 Å². The maximum absolute atomic E-state index is 5.75. The summed E-state index contributed by atoms with van der Waals surface area (Å²) in [6.45, 7) is 4.61. The van der Waals surface area contributed by atoms with Gasteiger partial charge in [-0.2, -0.15) is 15.0 Å². The summed E-state index contributed by atoms with van der Waals surface area (Å²) < 4.78 is 17.1. The number of hydrogen-bond acceptors (Lipinski definition) is 10. The molecule has 1 saturated heterocycles. The van der Waals surface area contributed by atoms with E-state index in [0.29, 0.717) is 31.0 Å². The zero-order valence-corrected chi connectivity index (χ0v) is 18.6. The highest BCUT2D eigenvalue weighted by molar-refractivity contribution is 5.40. The van der Waals surface area contributed by atoms with E-state index in [-0.39, 0.29) is 11.9 Å². The Hall–Kier alpha value is -3.69. The summed E-state index contributed by atoms with van der Waals surface area (Å²) in [4.78, 5) is 17.3. The lowest BCUT2D eigenvalue weighted by molar-refractivity contribution is 0.209. The summed E-state index contributed by atoms with van der Waals surface area (Å²) in [5, 5.41) is 8.11. The van der Waals surface area contributed by atoms with E-state index in [9.17, 15) is 0 Å². The number of benzene rings is 1. The summed E-state index contributed by atoms with van der Waals surface area (Å²) in [5.41, 5.74) is 1.08. The largest absolute Gasteiger partial charge is 0.490 e. The second-order valence-electron chi connectivity index (χ2n) is 7.58. The average Bonchev–Trinajstić information content (AvgIpc) is 3.34. The summed E-state index contributed by atoms with van der Waals surface area (Å²) in [7, 11) is 3.75. The highest BCUT2D eigenvalue weighted by atomic mass is 16.5. The molecule has 3 heterocycles. The summed E-state index contributed by atoms with van der Waals surface area (Å²) >= 11 is 0. The van der Waals surface area contributed by atoms with Crippen LogP contribution in [0.2, 0.25) is 0 Å². The van der Waals surface area contributed by atoms with Gasteiger partial charge < -0.3 is 24.0 Å². The van der Waals surface area contributed by atoms with Crippen LogP contribution >= 0.6 is 0 Å². The molecule has 1 fully saturated rings. The van der Waals surface area contributed by atoms with Crippen LogP contribution in [-0.2, 0) is 0 Å². The van der Waals surface area contributed by atoms with E-state index >= 15 is 0 Å². The first-order valence-corrected chi connectivity index (χ1v) is 10.6. The Morgan fingerprint density at radius 3 is 2.31 bits per heavy atom. The van der Waals surface area contributed by atoms with E-state index in [1.165, 1.54) is 0 Å². The fraction of sp³-hybridized carbons (Fsp3) is 0.409. The monoisotopic (exact) mass is 437 g/mol. The van der Waals surface area contributed by atoms with E-state index in [1.807, 2.05) is 50.2 Å². The van der Waals surface area contributed by atoms with Gasteiger partial charge >= 0.3 is 6.01 Å². The third-order valence-corrected chi connectivity index (χ3v) is 4.88. The molecular formula is C22H27N7O3. The number of ether oxygens (including phenoxy) is 3. The fourth-order valence-corrected chi connectivity index (χ4v) is 3.19. The van der Waals surface area contributed by atoms with Gasteiger partial charge in [-0.25, -0.2) is 0 Å². The molecule has 1 aromatic carbocycles. The number of rotatable bonds is 9. The minimum absolute atomic E-state index is 0.181. The summed E-state index contributed by atoms with van der Waals surface area (Å²) in [6.07, 6.45) is 2.25. The molecule has 168 valence electrons. The van der Waals surface area contributed by atoms with Gasteiger partial charge in [0.1, 0.15) is 19.0 Å². The SMILES string of the molecule is Cc1ccccc1OCCOc1ccc(Oc2nc(N(C)C)nc(N3CCCC3)n2)nn1. The van der Waals surface area contributed by atoms with Crippen molar-refractivity contribution in [2.24, 2.45) is 0 Å². The second-order valence-corrected chi connectivity index (χ2v) is 7.58. The Morgan fingerprint density at radius 2 is 1.59 bits per heavy atom. The number of para-hydroxylation sites is 1. The minimum atomic E-state index is 0.181. The van der Waals surface area contributed by atoms with Crippen molar-refractivity contribution >= 4 is 11.9 Å². The lowest BCUT2D eigenvalue weighted by atomic mass is 10.2. The Balaban J connectivity index is 1.34. The van der Waals surface area contributed by atoms with Crippen molar-refractivity contribution in [3.05, 3.63) is 42.0 Å². The molecule has 0 bridgehead atoms. The lowest BCUT2D eigenvalue weighted by Gasteiger charge is -2.18. The van der Waals surface area contributed by atoms with E-state index in [0.717, 1.165) is 37.2 Å². The molecule has 0 N–H and O–H groups in total. The molecule has 0 amide bonds. The van der Waals surface area contributed by atoms with Gasteiger partial charge in [0, 0.05) is 39.3 Å². The van der Waals surface area contributed by atoms with Gasteiger partial charge in [0.25, 0.3) is 0 Å². The normalized spacial score (nSPS) is 13.2. The quantitative estimate of drug-likeness (QED) is 0.465. The van der Waals surface area contributed by atoms with Crippen LogP contribution in [0.1, 0.15) is 18.4 Å². The molecular weight excluding hydrogens is 410 g/mol. The molecule has 0 saturated carbocycles. The molecule has 0 aliphatic carbocycles. The molecule has 1 aliphatic rings. The highest BCUT2D eigenvalue weighted by Crippen LogP contribution is 2.23. The molecule has 32 heavy (non-hydrogen) atoms. The number of aromatic nitrogens is 5. The third-order valence-electron chi connectivity index (χ3n) is 4.88. The van der Waals surface area contributed by atoms with Gasteiger partial charge in [0.05, 0.1) is 0 Å². The van der Waals surface area contributed by atoms with Gasteiger partial charge in [-0.05, 0) is 31.4 Å². The number of aryl methyl sites for hydroxylation is 1. The first-order valence-electron chi connectivity index (χ1n) is 10.6. The Morgan fingerprint density at radius 1 is 0.875 bits per heavy atom. The van der Waals surface area contributed by atoms with Crippen molar-refractivity contribution in [1.29, 1.82) is 0 Å². The van der Waals surface area contributed by atoms with Crippen molar-refractivity contribution in [3.8, 4) is 23.5 Å². The average molecular weight is 438 g/mol. The number of anilines is 2. The summed E-state index contributed by atoms with van der Waals surface area (Å²) in [6, 6.07) is 11.4. The van der Waals surface area contributed by atoms with Crippen LogP contribution in [0, 0.1) is 6.92 Å². The molecule has 10 heteroatoms. The van der Waals surface area contributed by atoms with E-state index in [4.69, 9.17) is 14.2 Å².